The molecule has 0 amide bonds. The molecule has 1 heterocycles. The van der Waals surface area contributed by atoms with E-state index in [0.29, 0.717) is 37.8 Å². The number of hydrogen-bond acceptors (Lipinski definition) is 3. The number of nitrogens with one attached hydrogen (secondary N) is 1. The van der Waals surface area contributed by atoms with Crippen molar-refractivity contribution in [1.82, 2.24) is 4.98 Å². The van der Waals surface area contributed by atoms with Crippen molar-refractivity contribution in [2.75, 3.05) is 0 Å². The van der Waals surface area contributed by atoms with Gasteiger partial charge in [0.15, 0.2) is 5.75 Å². The maximum atomic E-state index is 13.3. The molecule has 0 bridgehead atoms. The maximum absolute atomic E-state index is 13.3. The van der Waals surface area contributed by atoms with Crippen molar-refractivity contribution in [2.24, 2.45) is 0 Å². The lowest BCUT2D eigenvalue weighted by Crippen LogP contribution is -2.28. The van der Waals surface area contributed by atoms with Crippen LogP contribution in [0.1, 0.15) is 0 Å². The van der Waals surface area contributed by atoms with E-state index in [0.717, 1.165) is 16.2 Å². The fourth-order valence-electron chi connectivity index (χ4n) is 4.66. The van der Waals surface area contributed by atoms with Crippen LogP contribution >= 0.6 is 23.2 Å². The van der Waals surface area contributed by atoms with Crippen molar-refractivity contribution < 1.29 is 25.8 Å². The lowest BCUT2D eigenvalue weighted by molar-refractivity contribution is -0.0499. The largest absolute Gasteiger partial charge is 0.534 e. The Kier molecular flexibility index (Phi) is 5.35. The topological polar surface area (TPSA) is 59.2 Å². The molecule has 6 aromatic rings. The van der Waals surface area contributed by atoms with Gasteiger partial charge in [0.1, 0.15) is 0 Å². The Morgan fingerprint density at radius 1 is 0.757 bits per heavy atom. The molecule has 0 aliphatic carbocycles. The molecular formula is C27H14Cl2F3NO3S. The SMILES string of the molecule is O=S(=O)(Oc1cc2ccccc2c(Cl)c1-c1cccc2c1[nH]c1cc3ccccc3c(Cl)c12)C(F)(F)F. The lowest BCUT2D eigenvalue weighted by Gasteiger charge is -2.17. The molecule has 0 atom stereocenters. The highest BCUT2D eigenvalue weighted by Crippen LogP contribution is 2.47. The van der Waals surface area contributed by atoms with Gasteiger partial charge in [-0.15, -0.1) is 0 Å². The molecule has 186 valence electrons. The Labute approximate surface area is 218 Å². The van der Waals surface area contributed by atoms with Crippen LogP contribution in [-0.2, 0) is 10.1 Å². The first-order valence-electron chi connectivity index (χ1n) is 10.9. The predicted molar refractivity (Wildman–Crippen MR) is 142 cm³/mol. The molecule has 0 spiro atoms. The standard InChI is InChI=1S/C27H14Cl2F3NO3S/c28-24-16-8-3-1-6-14(16)12-20-22(24)18-10-5-11-19(26(18)33-20)23-21(36-37(34,35)27(30,31)32)13-15-7-2-4-9-17(15)25(23)29/h1-13,33H. The molecule has 0 saturated carbocycles. The highest BCUT2D eigenvalue weighted by molar-refractivity contribution is 7.88. The molecule has 0 aliphatic heterocycles. The summed E-state index contributed by atoms with van der Waals surface area (Å²) < 4.78 is 68.5. The number of fused-ring (bicyclic) bond motifs is 5. The molecule has 1 aromatic heterocycles. The van der Waals surface area contributed by atoms with Crippen molar-refractivity contribution in [2.45, 2.75) is 5.51 Å². The minimum atomic E-state index is -5.97. The van der Waals surface area contributed by atoms with E-state index < -0.39 is 21.4 Å². The van der Waals surface area contributed by atoms with E-state index in [2.05, 4.69) is 9.17 Å². The van der Waals surface area contributed by atoms with Crippen LogP contribution in [0.3, 0.4) is 0 Å². The van der Waals surface area contributed by atoms with Crippen LogP contribution in [0.4, 0.5) is 13.2 Å². The fourth-order valence-corrected chi connectivity index (χ4v) is 5.87. The molecule has 0 saturated heterocycles. The number of benzene rings is 5. The van der Waals surface area contributed by atoms with E-state index >= 15 is 0 Å². The van der Waals surface area contributed by atoms with Crippen molar-refractivity contribution in [3.63, 3.8) is 0 Å². The first-order valence-corrected chi connectivity index (χ1v) is 13.1. The third-order valence-electron chi connectivity index (χ3n) is 6.28. The van der Waals surface area contributed by atoms with E-state index in [1.165, 1.54) is 6.07 Å². The number of alkyl halides is 3. The zero-order valence-electron chi connectivity index (χ0n) is 18.5. The van der Waals surface area contributed by atoms with Crippen LogP contribution < -0.4 is 4.18 Å². The van der Waals surface area contributed by atoms with Crippen molar-refractivity contribution in [1.29, 1.82) is 0 Å². The minimum Gasteiger partial charge on any atom is -0.375 e. The Morgan fingerprint density at radius 2 is 1.35 bits per heavy atom. The van der Waals surface area contributed by atoms with Gasteiger partial charge in [-0.1, -0.05) is 89.9 Å². The van der Waals surface area contributed by atoms with Gasteiger partial charge < -0.3 is 9.17 Å². The molecule has 0 fully saturated rings. The summed E-state index contributed by atoms with van der Waals surface area (Å²) in [5.41, 5.74) is -4.04. The van der Waals surface area contributed by atoms with E-state index in [9.17, 15) is 21.6 Å². The van der Waals surface area contributed by atoms with Crippen molar-refractivity contribution in [3.8, 4) is 16.9 Å². The lowest BCUT2D eigenvalue weighted by atomic mass is 9.97. The van der Waals surface area contributed by atoms with E-state index in [1.807, 2.05) is 36.4 Å². The van der Waals surface area contributed by atoms with Crippen LogP contribution in [-0.4, -0.2) is 18.9 Å². The number of para-hydroxylation sites is 1. The number of aromatic nitrogens is 1. The second kappa shape index (κ2) is 8.28. The number of hydrogen-bond donors (Lipinski definition) is 1. The average molecular weight is 560 g/mol. The zero-order chi connectivity index (χ0) is 26.1. The molecule has 37 heavy (non-hydrogen) atoms. The van der Waals surface area contributed by atoms with Gasteiger partial charge in [-0.25, -0.2) is 0 Å². The van der Waals surface area contributed by atoms with Gasteiger partial charge in [-0.2, -0.15) is 21.6 Å². The third kappa shape index (κ3) is 3.70. The minimum absolute atomic E-state index is 0.00558. The Balaban J connectivity index is 1.71. The van der Waals surface area contributed by atoms with Gasteiger partial charge in [0.05, 0.1) is 15.6 Å². The summed E-state index contributed by atoms with van der Waals surface area (Å²) in [7, 11) is -5.97. The summed E-state index contributed by atoms with van der Waals surface area (Å²) in [5, 5.41) is 4.65. The van der Waals surface area contributed by atoms with Crippen molar-refractivity contribution in [3.05, 3.63) is 88.9 Å². The van der Waals surface area contributed by atoms with E-state index in [4.69, 9.17) is 23.2 Å². The summed E-state index contributed by atoms with van der Waals surface area (Å²) >= 11 is 13.5. The van der Waals surface area contributed by atoms with Gasteiger partial charge >= 0.3 is 15.6 Å². The van der Waals surface area contributed by atoms with Crippen LogP contribution in [0.25, 0.3) is 54.5 Å². The predicted octanol–water partition coefficient (Wildman–Crippen LogP) is 8.83. The average Bonchev–Trinajstić information content (AvgIpc) is 3.23. The first kappa shape index (κ1) is 23.9. The van der Waals surface area contributed by atoms with E-state index in [-0.39, 0.29) is 10.6 Å². The monoisotopic (exact) mass is 559 g/mol. The molecule has 6 rings (SSSR count). The molecular weight excluding hydrogens is 546 g/mol. The second-order valence-corrected chi connectivity index (χ2v) is 10.7. The number of aromatic amines is 1. The highest BCUT2D eigenvalue weighted by Gasteiger charge is 2.49. The van der Waals surface area contributed by atoms with Crippen LogP contribution in [0.2, 0.25) is 10.0 Å². The molecule has 0 radical (unpaired) electrons. The Morgan fingerprint density at radius 3 is 2.03 bits per heavy atom. The molecule has 10 heteroatoms. The van der Waals surface area contributed by atoms with Crippen LogP contribution in [0.5, 0.6) is 5.75 Å². The normalized spacial score (nSPS) is 12.7. The zero-order valence-corrected chi connectivity index (χ0v) is 20.9. The smallest absolute Gasteiger partial charge is 0.375 e. The van der Waals surface area contributed by atoms with Gasteiger partial charge in [0.2, 0.25) is 0 Å². The summed E-state index contributed by atoms with van der Waals surface area (Å²) in [5.74, 6) is -0.538. The summed E-state index contributed by atoms with van der Waals surface area (Å²) in [6.45, 7) is 0. The van der Waals surface area contributed by atoms with Gasteiger partial charge in [-0.3, -0.25) is 0 Å². The summed E-state index contributed by atoms with van der Waals surface area (Å²) in [6.07, 6.45) is 0. The van der Waals surface area contributed by atoms with Gasteiger partial charge in [-0.05, 0) is 22.9 Å². The van der Waals surface area contributed by atoms with Crippen LogP contribution in [0, 0.1) is 0 Å². The molecule has 1 N–H and O–H groups in total. The highest BCUT2D eigenvalue weighted by atomic mass is 35.5. The number of H-pyrrole nitrogens is 1. The second-order valence-electron chi connectivity index (χ2n) is 8.46. The number of halogens is 5. The summed E-state index contributed by atoms with van der Waals surface area (Å²) in [6, 6.07) is 22.6. The third-order valence-corrected chi connectivity index (χ3v) is 8.03. The Bertz CT molecular complexity index is 2000. The molecule has 0 aliphatic rings. The first-order chi connectivity index (χ1) is 17.6. The molecule has 5 aromatic carbocycles. The molecule has 4 nitrogen and oxygen atoms in total. The fraction of sp³-hybridized carbons (Fsp3) is 0.0370. The van der Waals surface area contributed by atoms with Gasteiger partial charge in [0.25, 0.3) is 0 Å². The Hall–Kier alpha value is -3.46. The van der Waals surface area contributed by atoms with Crippen LogP contribution in [0.15, 0.2) is 78.9 Å². The quantitative estimate of drug-likeness (QED) is 0.174. The number of rotatable bonds is 3. The maximum Gasteiger partial charge on any atom is 0.534 e. The van der Waals surface area contributed by atoms with Crippen molar-refractivity contribution >= 4 is 76.7 Å². The summed E-state index contributed by atoms with van der Waals surface area (Å²) in [4.78, 5) is 3.30. The van der Waals surface area contributed by atoms with E-state index in [1.54, 1.807) is 36.4 Å². The van der Waals surface area contributed by atoms with Gasteiger partial charge in [0, 0.05) is 38.2 Å². The molecule has 0 unspecified atom stereocenters.